The Morgan fingerprint density at radius 1 is 1.13 bits per heavy atom. The standard InChI is InChI=1S/C13H16N.HI/c1-3-12-10-9-11-7-5-6-8-13(11)14(12)4-2;/h5-10H,3-4H2,1-2H3;1H/q+1;/p-1. The maximum absolute atomic E-state index is 2.38. The topological polar surface area (TPSA) is 4.93 Å². The largest absolute Gasteiger partial charge is 1.00 e. The highest BCUT2D eigenvalue weighted by Gasteiger charge is 2.08. The summed E-state index contributed by atoms with van der Waals surface area (Å²) in [4.78, 5) is 0. The zero-order valence-electron chi connectivity index (χ0n) is 9.20. The number of benzene rings is 1. The molecule has 0 fully saturated rings. The molecule has 0 aliphatic rings. The number of fused-ring (bicyclic) bond motifs is 1. The molecule has 0 saturated heterocycles. The predicted molar refractivity (Wildman–Crippen MR) is 61.4 cm³/mol. The van der Waals surface area contributed by atoms with Crippen molar-refractivity contribution in [3.05, 3.63) is 42.1 Å². The Morgan fingerprint density at radius 3 is 2.53 bits per heavy atom. The molecule has 1 heterocycles. The van der Waals surface area contributed by atoms with Crippen molar-refractivity contribution in [2.75, 3.05) is 0 Å². The molecule has 0 atom stereocenters. The van der Waals surface area contributed by atoms with Gasteiger partial charge in [0.05, 0.1) is 12.1 Å². The molecule has 0 N–H and O–H groups in total. The van der Waals surface area contributed by atoms with E-state index >= 15 is 0 Å². The van der Waals surface area contributed by atoms with E-state index in [4.69, 9.17) is 0 Å². The third-order valence-corrected chi connectivity index (χ3v) is 2.71. The second-order valence-corrected chi connectivity index (χ2v) is 3.48. The molecular weight excluding hydrogens is 297 g/mol. The first-order chi connectivity index (χ1) is 6.86. The van der Waals surface area contributed by atoms with Gasteiger partial charge in [-0.2, -0.15) is 0 Å². The van der Waals surface area contributed by atoms with E-state index in [0.717, 1.165) is 13.0 Å². The van der Waals surface area contributed by atoms with Gasteiger partial charge in [-0.1, -0.05) is 6.07 Å². The number of pyridine rings is 1. The molecule has 0 aliphatic heterocycles. The van der Waals surface area contributed by atoms with Crippen molar-refractivity contribution in [2.45, 2.75) is 26.8 Å². The van der Waals surface area contributed by atoms with Crippen molar-refractivity contribution in [1.82, 2.24) is 4.57 Å². The van der Waals surface area contributed by atoms with Crippen LogP contribution in [0.4, 0.5) is 0 Å². The Morgan fingerprint density at radius 2 is 1.87 bits per heavy atom. The van der Waals surface area contributed by atoms with E-state index in [2.05, 4.69) is 54.8 Å². The molecule has 1 aromatic carbocycles. The van der Waals surface area contributed by atoms with E-state index in [1.165, 1.54) is 16.6 Å². The molecule has 0 saturated carbocycles. The molecule has 80 valence electrons. The maximum atomic E-state index is 2.38. The Kier molecular flexibility index (Phi) is 4.51. The SMILES string of the molecule is CC[c+]1ccc2ccccc2n1CC.[I-]. The lowest BCUT2D eigenvalue weighted by Gasteiger charge is -2.05. The van der Waals surface area contributed by atoms with E-state index in [-0.39, 0.29) is 24.0 Å². The second-order valence-electron chi connectivity index (χ2n) is 3.48. The van der Waals surface area contributed by atoms with Gasteiger partial charge < -0.3 is 24.0 Å². The summed E-state index contributed by atoms with van der Waals surface area (Å²) in [6.07, 6.45) is 1.10. The van der Waals surface area contributed by atoms with E-state index in [1.54, 1.807) is 0 Å². The average molecular weight is 313 g/mol. The Bertz CT molecular complexity index is 451. The minimum Gasteiger partial charge on any atom is -1.00 e. The fourth-order valence-corrected chi connectivity index (χ4v) is 1.99. The normalized spacial score (nSPS) is 10.0. The number of para-hydroxylation sites is 1. The summed E-state index contributed by atoms with van der Waals surface area (Å²) in [5.41, 5.74) is 2.75. The number of hydrogen-bond donors (Lipinski definition) is 0. The lowest BCUT2D eigenvalue weighted by atomic mass is 10.1. The first kappa shape index (κ1) is 12.4. The molecule has 15 heavy (non-hydrogen) atoms. The van der Waals surface area contributed by atoms with Crippen LogP contribution in [0.15, 0.2) is 36.4 Å². The highest BCUT2D eigenvalue weighted by atomic mass is 127. The van der Waals surface area contributed by atoms with Crippen LogP contribution in [0.25, 0.3) is 10.9 Å². The van der Waals surface area contributed by atoms with E-state index in [0.29, 0.717) is 0 Å². The minimum absolute atomic E-state index is 0. The zero-order valence-corrected chi connectivity index (χ0v) is 11.4. The molecular formula is C13H16IN. The summed E-state index contributed by atoms with van der Waals surface area (Å²) in [7, 11) is 0. The second kappa shape index (κ2) is 5.45. The van der Waals surface area contributed by atoms with Crippen LogP contribution in [0.5, 0.6) is 0 Å². The number of hydrogen-bond acceptors (Lipinski definition) is 0. The third kappa shape index (κ3) is 2.30. The van der Waals surface area contributed by atoms with Crippen LogP contribution in [0.1, 0.15) is 19.5 Å². The van der Waals surface area contributed by atoms with Crippen molar-refractivity contribution in [3.63, 3.8) is 0 Å². The lowest BCUT2D eigenvalue weighted by Crippen LogP contribution is -3.00. The maximum Gasteiger partial charge on any atom is 0.150 e. The fraction of sp³-hybridized carbons (Fsp3) is 0.308. The molecule has 0 spiro atoms. The quantitative estimate of drug-likeness (QED) is 0.562. The van der Waals surface area contributed by atoms with Gasteiger partial charge in [0, 0.05) is 19.0 Å². The molecule has 0 aliphatic carbocycles. The van der Waals surface area contributed by atoms with Crippen LogP contribution in [-0.4, -0.2) is 4.57 Å². The summed E-state index contributed by atoms with van der Waals surface area (Å²) in [5, 5.41) is 1.33. The van der Waals surface area contributed by atoms with Gasteiger partial charge in [-0.3, -0.25) is 0 Å². The zero-order chi connectivity index (χ0) is 9.97. The van der Waals surface area contributed by atoms with E-state index < -0.39 is 0 Å². The highest BCUT2D eigenvalue weighted by molar-refractivity contribution is 5.79. The Labute approximate surface area is 108 Å². The first-order valence-corrected chi connectivity index (χ1v) is 5.27. The van der Waals surface area contributed by atoms with Gasteiger partial charge in [0.15, 0.2) is 5.52 Å². The lowest BCUT2D eigenvalue weighted by molar-refractivity contribution is -0.00000294. The number of nitrogens with zero attached hydrogens (tertiary/aromatic N) is 1. The summed E-state index contributed by atoms with van der Waals surface area (Å²) in [5.74, 6) is 0. The first-order valence-electron chi connectivity index (χ1n) is 5.27. The number of halogens is 1. The molecule has 2 rings (SSSR count). The van der Waals surface area contributed by atoms with Crippen molar-refractivity contribution in [3.8, 4) is 0 Å². The molecule has 2 aromatic rings. The molecule has 2 heteroatoms. The van der Waals surface area contributed by atoms with Gasteiger partial charge in [0.25, 0.3) is 0 Å². The van der Waals surface area contributed by atoms with E-state index in [1.807, 2.05) is 0 Å². The van der Waals surface area contributed by atoms with Gasteiger partial charge in [-0.25, -0.2) is 4.57 Å². The summed E-state index contributed by atoms with van der Waals surface area (Å²) in [6, 6.07) is 13.0. The molecule has 0 bridgehead atoms. The van der Waals surface area contributed by atoms with Gasteiger partial charge in [0.2, 0.25) is 0 Å². The van der Waals surface area contributed by atoms with Gasteiger partial charge >= 0.3 is 0 Å². The van der Waals surface area contributed by atoms with Crippen molar-refractivity contribution in [2.24, 2.45) is 0 Å². The number of aryl methyl sites for hydroxylation is 2. The summed E-state index contributed by atoms with van der Waals surface area (Å²) >= 11 is 0. The van der Waals surface area contributed by atoms with Crippen LogP contribution in [0.3, 0.4) is 0 Å². The monoisotopic (exact) mass is 313 g/mol. The summed E-state index contributed by atoms with van der Waals surface area (Å²) in [6.45, 7) is 5.45. The molecule has 1 nitrogen and oxygen atoms in total. The van der Waals surface area contributed by atoms with Crippen LogP contribution in [0.2, 0.25) is 0 Å². The Hall–Kier alpha value is -0.640. The van der Waals surface area contributed by atoms with Crippen LogP contribution in [-0.2, 0) is 13.0 Å². The van der Waals surface area contributed by atoms with E-state index in [9.17, 15) is 0 Å². The van der Waals surface area contributed by atoms with Gasteiger partial charge in [0.1, 0.15) is 11.1 Å². The highest BCUT2D eigenvalue weighted by Crippen LogP contribution is 2.16. The van der Waals surface area contributed by atoms with Gasteiger partial charge in [-0.15, -0.1) is 0 Å². The van der Waals surface area contributed by atoms with Crippen LogP contribution < -0.4 is 24.0 Å². The minimum atomic E-state index is 0. The predicted octanol–water partition coefficient (Wildman–Crippen LogP) is 0.509. The van der Waals surface area contributed by atoms with Gasteiger partial charge in [-0.05, 0) is 26.0 Å². The van der Waals surface area contributed by atoms with Crippen molar-refractivity contribution in [1.29, 1.82) is 0 Å². The van der Waals surface area contributed by atoms with Crippen molar-refractivity contribution >= 4 is 10.9 Å². The fourth-order valence-electron chi connectivity index (χ4n) is 1.99. The number of rotatable bonds is 2. The molecule has 0 unspecified atom stereocenters. The van der Waals surface area contributed by atoms with Crippen LogP contribution >= 0.6 is 0 Å². The average Bonchev–Trinajstić information content (AvgIpc) is 2.27. The molecule has 0 radical (unpaired) electrons. The number of aromatic nitrogens is 1. The van der Waals surface area contributed by atoms with Crippen LogP contribution in [0, 0.1) is 0 Å². The third-order valence-electron chi connectivity index (χ3n) is 2.71. The Balaban J connectivity index is 0.00000112. The molecule has 1 aromatic heterocycles. The van der Waals surface area contributed by atoms with Crippen molar-refractivity contribution < 1.29 is 24.0 Å². The summed E-state index contributed by atoms with van der Waals surface area (Å²) < 4.78 is 2.38. The molecule has 0 amide bonds. The smallest absolute Gasteiger partial charge is 0.150 e.